The molecule has 15 heavy (non-hydrogen) atoms. The van der Waals surface area contributed by atoms with E-state index in [9.17, 15) is 4.39 Å². The highest BCUT2D eigenvalue weighted by Gasteiger charge is 2.03. The minimum atomic E-state index is -0.304. The molecule has 2 heteroatoms. The zero-order chi connectivity index (χ0) is 12.4. The fraction of sp³-hybridized carbons (Fsp3) is 0.462. The molecule has 0 fully saturated rings. The van der Waals surface area contributed by atoms with Crippen molar-refractivity contribution in [2.75, 3.05) is 0 Å². The largest absolute Gasteiger partial charge is 0.207 e. The molecule has 1 rings (SSSR count). The van der Waals surface area contributed by atoms with Crippen molar-refractivity contribution in [2.45, 2.75) is 41.5 Å². The predicted molar refractivity (Wildman–Crippen MR) is 63.3 cm³/mol. The van der Waals surface area contributed by atoms with E-state index < -0.39 is 0 Å². The number of benzene rings is 1. The zero-order valence-corrected chi connectivity index (χ0v) is 10.5. The van der Waals surface area contributed by atoms with E-state index in [0.29, 0.717) is 11.1 Å². The monoisotopic (exact) mass is 209 g/mol. The molecule has 0 atom stereocenters. The average Bonchev–Trinajstić information content (AvgIpc) is 2.29. The second kappa shape index (κ2) is 9.21. The van der Waals surface area contributed by atoms with Crippen molar-refractivity contribution in [1.29, 1.82) is 5.26 Å². The summed E-state index contributed by atoms with van der Waals surface area (Å²) in [6, 6.07) is 5.04. The van der Waals surface area contributed by atoms with Crippen molar-refractivity contribution in [1.82, 2.24) is 0 Å². The third-order valence-corrected chi connectivity index (χ3v) is 1.61. The molecule has 0 heterocycles. The van der Waals surface area contributed by atoms with Gasteiger partial charge in [-0.2, -0.15) is 5.26 Å². The van der Waals surface area contributed by atoms with Crippen molar-refractivity contribution in [3.8, 4) is 6.07 Å². The van der Waals surface area contributed by atoms with Crippen LogP contribution >= 0.6 is 0 Å². The van der Waals surface area contributed by atoms with Gasteiger partial charge in [0.1, 0.15) is 5.82 Å². The van der Waals surface area contributed by atoms with Crippen LogP contribution in [-0.4, -0.2) is 0 Å². The highest BCUT2D eigenvalue weighted by atomic mass is 19.1. The van der Waals surface area contributed by atoms with Gasteiger partial charge < -0.3 is 0 Å². The molecule has 1 nitrogen and oxygen atoms in total. The Hall–Kier alpha value is -1.36. The summed E-state index contributed by atoms with van der Waals surface area (Å²) >= 11 is 0. The van der Waals surface area contributed by atoms with Crippen LogP contribution in [0.4, 0.5) is 4.39 Å². The molecule has 0 aromatic heterocycles. The van der Waals surface area contributed by atoms with Crippen molar-refractivity contribution in [2.24, 2.45) is 0 Å². The molecule has 0 spiro atoms. The molecule has 84 valence electrons. The minimum absolute atomic E-state index is 0.304. The molecule has 0 unspecified atom stereocenters. The van der Waals surface area contributed by atoms with Gasteiger partial charge in [-0.15, -0.1) is 0 Å². The van der Waals surface area contributed by atoms with E-state index in [2.05, 4.69) is 0 Å². The molecule has 1 aromatic carbocycles. The van der Waals surface area contributed by atoms with Crippen LogP contribution < -0.4 is 0 Å². The summed E-state index contributed by atoms with van der Waals surface area (Å²) in [5.74, 6) is -0.304. The first-order valence-electron chi connectivity index (χ1n) is 5.32. The number of aryl methyl sites for hydroxylation is 1. The zero-order valence-electron chi connectivity index (χ0n) is 10.5. The average molecular weight is 209 g/mol. The first-order chi connectivity index (χ1) is 7.15. The molecule has 0 aliphatic rings. The lowest BCUT2D eigenvalue weighted by molar-refractivity contribution is 0.616. The molecule has 0 N–H and O–H groups in total. The quantitative estimate of drug-likeness (QED) is 0.622. The second-order valence-corrected chi connectivity index (χ2v) is 2.53. The van der Waals surface area contributed by atoms with Gasteiger partial charge in [0.05, 0.1) is 11.6 Å². The third kappa shape index (κ3) is 5.17. The van der Waals surface area contributed by atoms with Crippen LogP contribution in [0, 0.1) is 31.0 Å². The molecule has 0 aliphatic carbocycles. The minimum Gasteiger partial charge on any atom is -0.207 e. The van der Waals surface area contributed by atoms with Gasteiger partial charge in [-0.3, -0.25) is 0 Å². The van der Waals surface area contributed by atoms with Crippen LogP contribution in [0.2, 0.25) is 0 Å². The van der Waals surface area contributed by atoms with Crippen LogP contribution in [-0.2, 0) is 0 Å². The fourth-order valence-electron chi connectivity index (χ4n) is 0.931. The maximum Gasteiger partial charge on any atom is 0.127 e. The Balaban J connectivity index is 0. The Bertz CT molecular complexity index is 324. The number of nitrogens with zero attached hydrogens (tertiary/aromatic N) is 1. The molecule has 0 saturated carbocycles. The summed E-state index contributed by atoms with van der Waals surface area (Å²) < 4.78 is 12.9. The summed E-state index contributed by atoms with van der Waals surface area (Å²) in [4.78, 5) is 0. The Kier molecular flexibility index (Phi) is 9.87. The predicted octanol–water partition coefficient (Wildman–Crippen LogP) is 4.37. The fourth-order valence-corrected chi connectivity index (χ4v) is 0.931. The van der Waals surface area contributed by atoms with Crippen molar-refractivity contribution < 1.29 is 4.39 Å². The smallest absolute Gasteiger partial charge is 0.127 e. The van der Waals surface area contributed by atoms with E-state index in [1.807, 2.05) is 33.8 Å². The van der Waals surface area contributed by atoms with Gasteiger partial charge in [0.15, 0.2) is 0 Å². The Morgan fingerprint density at radius 3 is 1.93 bits per heavy atom. The molecule has 0 bridgehead atoms. The maximum atomic E-state index is 12.9. The maximum absolute atomic E-state index is 12.9. The van der Waals surface area contributed by atoms with Crippen LogP contribution in [0.25, 0.3) is 0 Å². The highest BCUT2D eigenvalue weighted by Crippen LogP contribution is 2.13. The highest BCUT2D eigenvalue weighted by molar-refractivity contribution is 5.40. The topological polar surface area (TPSA) is 23.8 Å². The van der Waals surface area contributed by atoms with Gasteiger partial charge in [0.25, 0.3) is 0 Å². The van der Waals surface area contributed by atoms with Crippen LogP contribution in [0.5, 0.6) is 0 Å². The normalized spacial score (nSPS) is 7.60. The lowest BCUT2D eigenvalue weighted by atomic mass is 10.1. The van der Waals surface area contributed by atoms with Gasteiger partial charge >= 0.3 is 0 Å². The lowest BCUT2D eigenvalue weighted by Crippen LogP contribution is -1.89. The van der Waals surface area contributed by atoms with Crippen LogP contribution in [0.1, 0.15) is 44.4 Å². The van der Waals surface area contributed by atoms with Gasteiger partial charge in [-0.05, 0) is 31.5 Å². The van der Waals surface area contributed by atoms with Gasteiger partial charge in [-0.1, -0.05) is 27.7 Å². The molecule has 0 radical (unpaired) electrons. The summed E-state index contributed by atoms with van der Waals surface area (Å²) in [5.41, 5.74) is 1.63. The van der Waals surface area contributed by atoms with Crippen molar-refractivity contribution in [3.63, 3.8) is 0 Å². The summed E-state index contributed by atoms with van der Waals surface area (Å²) in [7, 11) is 0. The SMILES string of the molecule is CC.CC.Cc1cc(F)c(C)c(C#N)c1. The van der Waals surface area contributed by atoms with Gasteiger partial charge in [0.2, 0.25) is 0 Å². The van der Waals surface area contributed by atoms with Gasteiger partial charge in [0, 0.05) is 5.56 Å². The van der Waals surface area contributed by atoms with Crippen LogP contribution in [0.15, 0.2) is 12.1 Å². The Morgan fingerprint density at radius 1 is 1.07 bits per heavy atom. The number of halogens is 1. The summed E-state index contributed by atoms with van der Waals surface area (Å²) in [6.07, 6.45) is 0. The Morgan fingerprint density at radius 2 is 1.53 bits per heavy atom. The number of rotatable bonds is 0. The number of hydrogen-bond donors (Lipinski definition) is 0. The van der Waals surface area contributed by atoms with Crippen molar-refractivity contribution >= 4 is 0 Å². The summed E-state index contributed by atoms with van der Waals surface area (Å²) in [5, 5.41) is 8.55. The molecule has 1 aromatic rings. The second-order valence-electron chi connectivity index (χ2n) is 2.53. The molecule has 0 amide bonds. The molecule has 0 saturated heterocycles. The van der Waals surface area contributed by atoms with E-state index in [1.54, 1.807) is 19.9 Å². The molecule has 0 aliphatic heterocycles. The van der Waals surface area contributed by atoms with Crippen LogP contribution in [0.3, 0.4) is 0 Å². The lowest BCUT2D eigenvalue weighted by Gasteiger charge is -1.99. The summed E-state index contributed by atoms with van der Waals surface area (Å²) in [6.45, 7) is 11.4. The van der Waals surface area contributed by atoms with Gasteiger partial charge in [-0.25, -0.2) is 4.39 Å². The third-order valence-electron chi connectivity index (χ3n) is 1.61. The molecular weight excluding hydrogens is 189 g/mol. The first kappa shape index (κ1) is 16.1. The number of hydrogen-bond acceptors (Lipinski definition) is 1. The van der Waals surface area contributed by atoms with E-state index >= 15 is 0 Å². The first-order valence-corrected chi connectivity index (χ1v) is 5.32. The standard InChI is InChI=1S/C9H8FN.2C2H6/c1-6-3-8(5-11)7(2)9(10)4-6;2*1-2/h3-4H,1-2H3;2*1-2H3. The van der Waals surface area contributed by atoms with E-state index in [0.717, 1.165) is 5.56 Å². The Labute approximate surface area is 92.6 Å². The number of nitriles is 1. The van der Waals surface area contributed by atoms with Crippen molar-refractivity contribution in [3.05, 3.63) is 34.6 Å². The molecular formula is C13H20FN. The van der Waals surface area contributed by atoms with E-state index in [-0.39, 0.29) is 5.82 Å². The van der Waals surface area contributed by atoms with E-state index in [4.69, 9.17) is 5.26 Å². The van der Waals surface area contributed by atoms with E-state index in [1.165, 1.54) is 6.07 Å².